The molecule has 1 aromatic heterocycles. The number of aromatic nitrogens is 1. The van der Waals surface area contributed by atoms with Crippen molar-refractivity contribution in [2.45, 2.75) is 12.5 Å². The van der Waals surface area contributed by atoms with Crippen LogP contribution in [-0.4, -0.2) is 36.4 Å². The number of amides is 1. The van der Waals surface area contributed by atoms with Gasteiger partial charge in [0, 0.05) is 17.5 Å². The Morgan fingerprint density at radius 2 is 1.85 bits per heavy atom. The van der Waals surface area contributed by atoms with E-state index in [9.17, 15) is 4.79 Å². The number of halogens is 1. The number of hydrogen-bond acceptors (Lipinski definition) is 4. The van der Waals surface area contributed by atoms with E-state index in [1.165, 1.54) is 16.9 Å². The Labute approximate surface area is 168 Å². The number of rotatable bonds is 7. The van der Waals surface area contributed by atoms with Gasteiger partial charge in [-0.3, -0.25) is 4.79 Å². The molecular weight excluding hydrogens is 378 g/mol. The van der Waals surface area contributed by atoms with Gasteiger partial charge < -0.3 is 10.2 Å². The summed E-state index contributed by atoms with van der Waals surface area (Å²) in [7, 11) is 4.03. The predicted molar refractivity (Wildman–Crippen MR) is 112 cm³/mol. The van der Waals surface area contributed by atoms with Crippen LogP contribution in [0.25, 0.3) is 10.6 Å². The van der Waals surface area contributed by atoms with Gasteiger partial charge in [0.2, 0.25) is 5.91 Å². The van der Waals surface area contributed by atoms with Crippen molar-refractivity contribution in [3.8, 4) is 10.6 Å². The fourth-order valence-electron chi connectivity index (χ4n) is 2.86. The first-order valence-corrected chi connectivity index (χ1v) is 9.97. The maximum Gasteiger partial charge on any atom is 0.226 e. The minimum atomic E-state index is -0.0335. The quantitative estimate of drug-likeness (QED) is 0.639. The fraction of sp³-hybridized carbons (Fsp3) is 0.238. The molecule has 1 unspecified atom stereocenters. The molecule has 1 heterocycles. The highest BCUT2D eigenvalue weighted by Crippen LogP contribution is 2.30. The fourth-order valence-corrected chi connectivity index (χ4v) is 4.00. The van der Waals surface area contributed by atoms with Crippen LogP contribution >= 0.6 is 22.9 Å². The van der Waals surface area contributed by atoms with Crippen LogP contribution in [0.2, 0.25) is 5.02 Å². The van der Waals surface area contributed by atoms with Gasteiger partial charge in [0.15, 0.2) is 0 Å². The van der Waals surface area contributed by atoms with Crippen LogP contribution in [0, 0.1) is 0 Å². The molecule has 1 amide bonds. The monoisotopic (exact) mass is 399 g/mol. The lowest BCUT2D eigenvalue weighted by molar-refractivity contribution is -0.120. The minimum absolute atomic E-state index is 0.0335. The van der Waals surface area contributed by atoms with Crippen molar-refractivity contribution in [3.05, 3.63) is 76.3 Å². The molecule has 0 bridgehead atoms. The summed E-state index contributed by atoms with van der Waals surface area (Å²) in [6.45, 7) is 0.553. The third kappa shape index (κ3) is 5.16. The lowest BCUT2D eigenvalue weighted by Crippen LogP contribution is -2.35. The number of likely N-dealkylation sites (N-methyl/N-ethyl adjacent to an activating group) is 1. The minimum Gasteiger partial charge on any atom is -0.354 e. The highest BCUT2D eigenvalue weighted by molar-refractivity contribution is 7.13. The molecule has 1 N–H and O–H groups in total. The van der Waals surface area contributed by atoms with Crippen LogP contribution in [0.5, 0.6) is 0 Å². The van der Waals surface area contributed by atoms with Crippen molar-refractivity contribution in [1.29, 1.82) is 0 Å². The molecule has 0 aliphatic carbocycles. The van der Waals surface area contributed by atoms with Crippen LogP contribution in [0.3, 0.4) is 0 Å². The molecule has 0 saturated heterocycles. The van der Waals surface area contributed by atoms with Crippen molar-refractivity contribution in [2.75, 3.05) is 20.6 Å². The molecule has 6 heteroatoms. The number of carbonyl (C=O) groups is 1. The van der Waals surface area contributed by atoms with E-state index in [1.54, 1.807) is 0 Å². The average molecular weight is 400 g/mol. The molecule has 0 saturated carbocycles. The highest BCUT2D eigenvalue weighted by Gasteiger charge is 2.16. The Morgan fingerprint density at radius 3 is 2.56 bits per heavy atom. The van der Waals surface area contributed by atoms with E-state index in [0.717, 1.165) is 16.3 Å². The normalized spacial score (nSPS) is 12.1. The first-order valence-electron chi connectivity index (χ1n) is 8.72. The standard InChI is InChI=1S/C21H22ClN3OS/c1-25(2)19(15-8-4-3-5-9-15)13-23-20(26)12-16-14-27-21(24-16)17-10-6-7-11-18(17)22/h3-11,14,19H,12-13H2,1-2H3,(H,23,26). The largest absolute Gasteiger partial charge is 0.354 e. The van der Waals surface area contributed by atoms with E-state index in [-0.39, 0.29) is 18.4 Å². The molecule has 2 aromatic carbocycles. The van der Waals surface area contributed by atoms with Gasteiger partial charge in [0.25, 0.3) is 0 Å². The zero-order chi connectivity index (χ0) is 19.2. The smallest absolute Gasteiger partial charge is 0.226 e. The highest BCUT2D eigenvalue weighted by atomic mass is 35.5. The summed E-state index contributed by atoms with van der Waals surface area (Å²) in [5, 5.41) is 6.44. The van der Waals surface area contributed by atoms with E-state index < -0.39 is 0 Å². The van der Waals surface area contributed by atoms with E-state index in [4.69, 9.17) is 11.6 Å². The Kier molecular flexibility index (Phi) is 6.61. The maximum absolute atomic E-state index is 12.4. The third-order valence-corrected chi connectivity index (χ3v) is 5.55. The van der Waals surface area contributed by atoms with Crippen molar-refractivity contribution in [1.82, 2.24) is 15.2 Å². The zero-order valence-electron chi connectivity index (χ0n) is 15.4. The van der Waals surface area contributed by atoms with Gasteiger partial charge in [-0.15, -0.1) is 11.3 Å². The topological polar surface area (TPSA) is 45.2 Å². The molecular formula is C21H22ClN3OS. The summed E-state index contributed by atoms with van der Waals surface area (Å²) in [4.78, 5) is 19.1. The van der Waals surface area contributed by atoms with E-state index >= 15 is 0 Å². The Morgan fingerprint density at radius 1 is 1.15 bits per heavy atom. The van der Waals surface area contributed by atoms with Gasteiger partial charge in [-0.2, -0.15) is 0 Å². The molecule has 0 spiro atoms. The van der Waals surface area contributed by atoms with Gasteiger partial charge in [0.05, 0.1) is 23.2 Å². The van der Waals surface area contributed by atoms with Crippen molar-refractivity contribution >= 4 is 28.8 Å². The van der Waals surface area contributed by atoms with E-state index in [1.807, 2.05) is 61.9 Å². The second-order valence-electron chi connectivity index (χ2n) is 6.49. The lowest BCUT2D eigenvalue weighted by atomic mass is 10.1. The summed E-state index contributed by atoms with van der Waals surface area (Å²) < 4.78 is 0. The van der Waals surface area contributed by atoms with Crippen molar-refractivity contribution in [2.24, 2.45) is 0 Å². The molecule has 4 nitrogen and oxygen atoms in total. The van der Waals surface area contributed by atoms with Crippen LogP contribution < -0.4 is 5.32 Å². The van der Waals surface area contributed by atoms with E-state index in [2.05, 4.69) is 27.3 Å². The molecule has 0 radical (unpaired) electrons. The molecule has 0 fully saturated rings. The molecule has 140 valence electrons. The number of benzene rings is 2. The molecule has 27 heavy (non-hydrogen) atoms. The van der Waals surface area contributed by atoms with E-state index in [0.29, 0.717) is 11.6 Å². The molecule has 3 rings (SSSR count). The number of nitrogens with zero attached hydrogens (tertiary/aromatic N) is 2. The van der Waals surface area contributed by atoms with Gasteiger partial charge in [0.1, 0.15) is 5.01 Å². The maximum atomic E-state index is 12.4. The van der Waals surface area contributed by atoms with Crippen LogP contribution in [-0.2, 0) is 11.2 Å². The number of carbonyl (C=O) groups excluding carboxylic acids is 1. The summed E-state index contributed by atoms with van der Waals surface area (Å²) >= 11 is 7.73. The zero-order valence-corrected chi connectivity index (χ0v) is 16.9. The number of nitrogens with one attached hydrogen (secondary N) is 1. The Hall–Kier alpha value is -2.21. The predicted octanol–water partition coefficient (Wildman–Crippen LogP) is 4.43. The molecule has 3 aromatic rings. The van der Waals surface area contributed by atoms with Gasteiger partial charge >= 0.3 is 0 Å². The summed E-state index contributed by atoms with van der Waals surface area (Å²) in [5.41, 5.74) is 2.83. The van der Waals surface area contributed by atoms with Gasteiger partial charge in [-0.05, 0) is 25.7 Å². The van der Waals surface area contributed by atoms with Crippen LogP contribution in [0.1, 0.15) is 17.3 Å². The SMILES string of the molecule is CN(C)C(CNC(=O)Cc1csc(-c2ccccc2Cl)n1)c1ccccc1. The van der Waals surface area contributed by atoms with Crippen molar-refractivity contribution < 1.29 is 4.79 Å². The van der Waals surface area contributed by atoms with Crippen LogP contribution in [0.4, 0.5) is 0 Å². The van der Waals surface area contributed by atoms with Crippen molar-refractivity contribution in [3.63, 3.8) is 0 Å². The third-order valence-electron chi connectivity index (χ3n) is 4.30. The first-order chi connectivity index (χ1) is 13.0. The molecule has 0 aliphatic heterocycles. The molecule has 1 atom stereocenters. The number of thiazole rings is 1. The average Bonchev–Trinajstić information content (AvgIpc) is 3.11. The number of hydrogen-bond donors (Lipinski definition) is 1. The Balaban J connectivity index is 1.60. The van der Waals surface area contributed by atoms with Gasteiger partial charge in [-0.25, -0.2) is 4.98 Å². The summed E-state index contributed by atoms with van der Waals surface area (Å²) in [6.07, 6.45) is 0.260. The second kappa shape index (κ2) is 9.13. The summed E-state index contributed by atoms with van der Waals surface area (Å²) in [6, 6.07) is 17.9. The first kappa shape index (κ1) is 19.5. The molecule has 0 aliphatic rings. The Bertz CT molecular complexity index is 895. The van der Waals surface area contributed by atoms with Gasteiger partial charge in [-0.1, -0.05) is 60.1 Å². The second-order valence-corrected chi connectivity index (χ2v) is 7.76. The van der Waals surface area contributed by atoms with Crippen LogP contribution in [0.15, 0.2) is 60.0 Å². The lowest BCUT2D eigenvalue weighted by Gasteiger charge is -2.25. The summed E-state index contributed by atoms with van der Waals surface area (Å²) in [5.74, 6) is -0.0335.